The predicted molar refractivity (Wildman–Crippen MR) is 122 cm³/mol. The Bertz CT molecular complexity index is 1180. The lowest BCUT2D eigenvalue weighted by Crippen LogP contribution is -2.19. The van der Waals surface area contributed by atoms with Crippen molar-refractivity contribution in [2.24, 2.45) is 0 Å². The first kappa shape index (κ1) is 20.7. The van der Waals surface area contributed by atoms with Gasteiger partial charge >= 0.3 is 5.97 Å². The zero-order valence-electron chi connectivity index (χ0n) is 16.7. The molecule has 7 heteroatoms. The highest BCUT2D eigenvalue weighted by Gasteiger charge is 2.17. The molecule has 0 bridgehead atoms. The third-order valence-corrected chi connectivity index (χ3v) is 5.77. The van der Waals surface area contributed by atoms with Crippen LogP contribution in [-0.2, 0) is 4.79 Å². The molecule has 1 atom stereocenters. The lowest BCUT2D eigenvalue weighted by Gasteiger charge is -2.09. The van der Waals surface area contributed by atoms with E-state index >= 15 is 0 Å². The van der Waals surface area contributed by atoms with Crippen molar-refractivity contribution < 1.29 is 14.3 Å². The first-order valence-electron chi connectivity index (χ1n) is 9.75. The van der Waals surface area contributed by atoms with E-state index in [1.165, 1.54) is 23.5 Å². The van der Waals surface area contributed by atoms with Gasteiger partial charge in [-0.3, -0.25) is 9.78 Å². The first-order valence-corrected chi connectivity index (χ1v) is 10.6. The zero-order valence-corrected chi connectivity index (χ0v) is 17.6. The molecule has 31 heavy (non-hydrogen) atoms. The Hall–Kier alpha value is -3.58. The fourth-order valence-electron chi connectivity index (χ4n) is 3.26. The lowest BCUT2D eigenvalue weighted by atomic mass is 10.0. The van der Waals surface area contributed by atoms with Gasteiger partial charge in [-0.25, -0.2) is 9.37 Å². The van der Waals surface area contributed by atoms with Crippen LogP contribution in [0, 0.1) is 5.82 Å². The Morgan fingerprint density at radius 2 is 1.68 bits per heavy atom. The van der Waals surface area contributed by atoms with E-state index in [0.29, 0.717) is 5.13 Å². The van der Waals surface area contributed by atoms with Gasteiger partial charge in [0.1, 0.15) is 5.82 Å². The van der Waals surface area contributed by atoms with Crippen molar-refractivity contribution in [3.05, 3.63) is 78.9 Å². The molecule has 0 aliphatic heterocycles. The van der Waals surface area contributed by atoms with Crippen molar-refractivity contribution in [3.8, 4) is 32.8 Å². The van der Waals surface area contributed by atoms with Crippen LogP contribution in [0.25, 0.3) is 32.8 Å². The summed E-state index contributed by atoms with van der Waals surface area (Å²) < 4.78 is 13.2. The standard InChI is InChI=1S/C24H20FN3O2S/c1-15(13-21(29)30)27-24-28-22(23(31-24)19-3-2-12-26-14-19)18-6-4-16(5-7-18)17-8-10-20(25)11-9-17/h2-12,14-15H,13H2,1H3,(H,27,28)(H,29,30). The summed E-state index contributed by atoms with van der Waals surface area (Å²) in [4.78, 5) is 20.9. The Morgan fingerprint density at radius 1 is 1.03 bits per heavy atom. The van der Waals surface area contributed by atoms with Crippen LogP contribution in [0.3, 0.4) is 0 Å². The number of anilines is 1. The number of nitrogens with one attached hydrogen (secondary N) is 1. The summed E-state index contributed by atoms with van der Waals surface area (Å²) in [5.41, 5.74) is 4.59. The summed E-state index contributed by atoms with van der Waals surface area (Å²) in [6.45, 7) is 1.82. The number of nitrogens with zero attached hydrogens (tertiary/aromatic N) is 2. The summed E-state index contributed by atoms with van der Waals surface area (Å²) in [6.07, 6.45) is 3.51. The molecular weight excluding hydrogens is 413 g/mol. The van der Waals surface area contributed by atoms with E-state index < -0.39 is 5.97 Å². The molecule has 5 nitrogen and oxygen atoms in total. The monoisotopic (exact) mass is 433 g/mol. The van der Waals surface area contributed by atoms with E-state index in [1.807, 2.05) is 43.3 Å². The number of carboxylic acid groups (broad SMARTS) is 1. The molecule has 4 rings (SSSR count). The molecule has 0 saturated heterocycles. The van der Waals surface area contributed by atoms with Crippen LogP contribution in [0.5, 0.6) is 0 Å². The van der Waals surface area contributed by atoms with Crippen LogP contribution in [-0.4, -0.2) is 27.1 Å². The van der Waals surface area contributed by atoms with E-state index in [-0.39, 0.29) is 18.3 Å². The molecule has 4 aromatic rings. The maximum Gasteiger partial charge on any atom is 0.305 e. The van der Waals surface area contributed by atoms with Crippen molar-refractivity contribution in [2.45, 2.75) is 19.4 Å². The minimum absolute atomic E-state index is 0.00348. The van der Waals surface area contributed by atoms with Gasteiger partial charge < -0.3 is 10.4 Å². The molecule has 0 aliphatic carbocycles. The van der Waals surface area contributed by atoms with Gasteiger partial charge in [0.05, 0.1) is 17.0 Å². The Morgan fingerprint density at radius 3 is 2.29 bits per heavy atom. The maximum atomic E-state index is 13.2. The van der Waals surface area contributed by atoms with Crippen LogP contribution >= 0.6 is 11.3 Å². The van der Waals surface area contributed by atoms with E-state index in [2.05, 4.69) is 10.3 Å². The molecule has 2 N–H and O–H groups in total. The Balaban J connectivity index is 1.69. The number of aromatic nitrogens is 2. The fraction of sp³-hybridized carbons (Fsp3) is 0.125. The molecule has 2 aromatic carbocycles. The largest absolute Gasteiger partial charge is 0.481 e. The highest BCUT2D eigenvalue weighted by atomic mass is 32.1. The first-order chi connectivity index (χ1) is 15.0. The van der Waals surface area contributed by atoms with Crippen molar-refractivity contribution in [1.82, 2.24) is 9.97 Å². The minimum Gasteiger partial charge on any atom is -0.481 e. The fourth-order valence-corrected chi connectivity index (χ4v) is 4.35. The van der Waals surface area contributed by atoms with E-state index in [9.17, 15) is 9.18 Å². The lowest BCUT2D eigenvalue weighted by molar-refractivity contribution is -0.137. The van der Waals surface area contributed by atoms with Gasteiger partial charge in [-0.05, 0) is 36.2 Å². The Labute approximate surface area is 183 Å². The maximum absolute atomic E-state index is 13.2. The summed E-state index contributed by atoms with van der Waals surface area (Å²) in [6, 6.07) is 17.9. The van der Waals surface area contributed by atoms with Crippen molar-refractivity contribution >= 4 is 22.4 Å². The number of hydrogen-bond donors (Lipinski definition) is 2. The summed E-state index contributed by atoms with van der Waals surface area (Å²) >= 11 is 1.47. The van der Waals surface area contributed by atoms with E-state index in [4.69, 9.17) is 10.1 Å². The second-order valence-electron chi connectivity index (χ2n) is 7.17. The normalized spacial score (nSPS) is 11.8. The molecule has 0 saturated carbocycles. The zero-order chi connectivity index (χ0) is 21.8. The molecule has 1 unspecified atom stereocenters. The number of carbonyl (C=O) groups is 1. The van der Waals surface area contributed by atoms with Crippen LogP contribution in [0.4, 0.5) is 9.52 Å². The van der Waals surface area contributed by atoms with E-state index in [1.54, 1.807) is 24.5 Å². The van der Waals surface area contributed by atoms with Crippen molar-refractivity contribution in [1.29, 1.82) is 0 Å². The van der Waals surface area contributed by atoms with Gasteiger partial charge in [0.15, 0.2) is 5.13 Å². The van der Waals surface area contributed by atoms with Crippen LogP contribution in [0.1, 0.15) is 13.3 Å². The molecule has 156 valence electrons. The number of thiazole rings is 1. The van der Waals surface area contributed by atoms with Gasteiger partial charge in [0.2, 0.25) is 0 Å². The number of carboxylic acids is 1. The molecular formula is C24H20FN3O2S. The number of hydrogen-bond acceptors (Lipinski definition) is 5. The third-order valence-electron chi connectivity index (χ3n) is 4.74. The quantitative estimate of drug-likeness (QED) is 0.376. The van der Waals surface area contributed by atoms with Gasteiger partial charge in [-0.1, -0.05) is 53.8 Å². The van der Waals surface area contributed by atoms with Crippen molar-refractivity contribution in [2.75, 3.05) is 5.32 Å². The number of pyridine rings is 1. The third kappa shape index (κ3) is 4.95. The number of aliphatic carboxylic acids is 1. The molecule has 0 aliphatic rings. The molecule has 2 aromatic heterocycles. The summed E-state index contributed by atoms with van der Waals surface area (Å²) in [5.74, 6) is -1.12. The number of benzene rings is 2. The van der Waals surface area contributed by atoms with Crippen LogP contribution in [0.2, 0.25) is 0 Å². The highest BCUT2D eigenvalue weighted by molar-refractivity contribution is 7.19. The second-order valence-corrected chi connectivity index (χ2v) is 8.17. The topological polar surface area (TPSA) is 75.1 Å². The smallest absolute Gasteiger partial charge is 0.305 e. The van der Waals surface area contributed by atoms with Crippen LogP contribution < -0.4 is 5.32 Å². The predicted octanol–water partition coefficient (Wildman–Crippen LogP) is 5.95. The van der Waals surface area contributed by atoms with Gasteiger partial charge in [0.25, 0.3) is 0 Å². The highest BCUT2D eigenvalue weighted by Crippen LogP contribution is 2.39. The molecule has 0 fully saturated rings. The van der Waals surface area contributed by atoms with Gasteiger partial charge in [-0.2, -0.15) is 0 Å². The summed E-state index contributed by atoms with van der Waals surface area (Å²) in [5, 5.41) is 12.9. The average molecular weight is 434 g/mol. The number of rotatable bonds is 7. The molecule has 0 amide bonds. The van der Waals surface area contributed by atoms with Gasteiger partial charge in [0, 0.05) is 29.6 Å². The number of halogens is 1. The average Bonchev–Trinajstić information content (AvgIpc) is 3.18. The van der Waals surface area contributed by atoms with Crippen molar-refractivity contribution in [3.63, 3.8) is 0 Å². The molecule has 0 radical (unpaired) electrons. The van der Waals surface area contributed by atoms with E-state index in [0.717, 1.165) is 32.8 Å². The summed E-state index contributed by atoms with van der Waals surface area (Å²) in [7, 11) is 0. The van der Waals surface area contributed by atoms with Crippen LogP contribution in [0.15, 0.2) is 73.1 Å². The minimum atomic E-state index is -0.861. The Kier molecular flexibility index (Phi) is 6.04. The van der Waals surface area contributed by atoms with Gasteiger partial charge in [-0.15, -0.1) is 0 Å². The SMILES string of the molecule is CC(CC(=O)O)Nc1nc(-c2ccc(-c3ccc(F)cc3)cc2)c(-c2cccnc2)s1. The molecule has 2 heterocycles. The molecule has 0 spiro atoms. The second kappa shape index (κ2) is 9.06.